The van der Waals surface area contributed by atoms with Gasteiger partial charge < -0.3 is 5.32 Å². The molecule has 7 heteroatoms. The van der Waals surface area contributed by atoms with E-state index in [1.165, 1.54) is 0 Å². The maximum atomic E-state index is 13.6. The Balaban J connectivity index is 1.82. The number of fused-ring (bicyclic) bond motifs is 1. The second-order valence-corrected chi connectivity index (χ2v) is 5.57. The standard InChI is InChI=1S/C15H9F3N2OS/c16-9-6-10(17)14-13(12(9)18)20-11(22-14)7-19-15(21)8-4-2-1-3-5-8/h1-6H,7H2,(H,19,21). The highest BCUT2D eigenvalue weighted by molar-refractivity contribution is 7.18. The average Bonchev–Trinajstić information content (AvgIpc) is 2.96. The maximum absolute atomic E-state index is 13.6. The molecule has 0 fully saturated rings. The zero-order valence-corrected chi connectivity index (χ0v) is 11.9. The first kappa shape index (κ1) is 14.5. The lowest BCUT2D eigenvalue weighted by atomic mass is 10.2. The second kappa shape index (κ2) is 5.76. The van der Waals surface area contributed by atoms with E-state index in [9.17, 15) is 18.0 Å². The molecule has 0 unspecified atom stereocenters. The Labute approximate surface area is 127 Å². The molecule has 1 heterocycles. The van der Waals surface area contributed by atoms with Crippen LogP contribution in [0, 0.1) is 17.5 Å². The van der Waals surface area contributed by atoms with Gasteiger partial charge in [0, 0.05) is 11.6 Å². The quantitative estimate of drug-likeness (QED) is 0.748. The summed E-state index contributed by atoms with van der Waals surface area (Å²) >= 11 is 0.876. The summed E-state index contributed by atoms with van der Waals surface area (Å²) in [5, 5.41) is 2.89. The van der Waals surface area contributed by atoms with Crippen LogP contribution in [0.5, 0.6) is 0 Å². The van der Waals surface area contributed by atoms with Gasteiger partial charge in [-0.3, -0.25) is 4.79 Å². The van der Waals surface area contributed by atoms with Crippen LogP contribution in [-0.2, 0) is 6.54 Å². The van der Waals surface area contributed by atoms with Crippen molar-refractivity contribution in [2.24, 2.45) is 0 Å². The molecular formula is C15H9F3N2OS. The van der Waals surface area contributed by atoms with Crippen LogP contribution in [0.1, 0.15) is 15.4 Å². The van der Waals surface area contributed by atoms with Crippen molar-refractivity contribution in [3.8, 4) is 0 Å². The van der Waals surface area contributed by atoms with E-state index >= 15 is 0 Å². The molecule has 22 heavy (non-hydrogen) atoms. The minimum atomic E-state index is -1.28. The topological polar surface area (TPSA) is 42.0 Å². The van der Waals surface area contributed by atoms with Crippen LogP contribution in [0.4, 0.5) is 13.2 Å². The van der Waals surface area contributed by atoms with Gasteiger partial charge >= 0.3 is 0 Å². The molecule has 2 aromatic carbocycles. The molecule has 0 aliphatic carbocycles. The van der Waals surface area contributed by atoms with E-state index in [4.69, 9.17) is 0 Å². The molecule has 0 aliphatic heterocycles. The molecule has 3 rings (SSSR count). The lowest BCUT2D eigenvalue weighted by Crippen LogP contribution is -2.22. The third-order valence-corrected chi connectivity index (χ3v) is 4.06. The molecule has 0 spiro atoms. The Morgan fingerprint density at radius 2 is 1.86 bits per heavy atom. The van der Waals surface area contributed by atoms with Gasteiger partial charge in [-0.05, 0) is 12.1 Å². The highest BCUT2D eigenvalue weighted by atomic mass is 32.1. The Morgan fingerprint density at radius 1 is 1.14 bits per heavy atom. The van der Waals surface area contributed by atoms with Gasteiger partial charge in [0.05, 0.1) is 11.2 Å². The fourth-order valence-electron chi connectivity index (χ4n) is 1.95. The number of nitrogens with zero attached hydrogens (tertiary/aromatic N) is 1. The van der Waals surface area contributed by atoms with Crippen LogP contribution in [0.3, 0.4) is 0 Å². The van der Waals surface area contributed by atoms with Gasteiger partial charge in [-0.25, -0.2) is 18.2 Å². The minimum Gasteiger partial charge on any atom is -0.346 e. The number of hydrogen-bond acceptors (Lipinski definition) is 3. The van der Waals surface area contributed by atoms with Gasteiger partial charge in [0.15, 0.2) is 11.6 Å². The highest BCUT2D eigenvalue weighted by Gasteiger charge is 2.17. The van der Waals surface area contributed by atoms with Crippen molar-refractivity contribution in [2.45, 2.75) is 6.54 Å². The van der Waals surface area contributed by atoms with Gasteiger partial charge in [-0.1, -0.05) is 18.2 Å². The van der Waals surface area contributed by atoms with Crippen molar-refractivity contribution in [1.82, 2.24) is 10.3 Å². The van der Waals surface area contributed by atoms with Crippen molar-refractivity contribution < 1.29 is 18.0 Å². The molecule has 0 saturated heterocycles. The van der Waals surface area contributed by atoms with E-state index in [1.807, 2.05) is 0 Å². The number of nitrogens with one attached hydrogen (secondary N) is 1. The van der Waals surface area contributed by atoms with Crippen LogP contribution in [0.2, 0.25) is 0 Å². The van der Waals surface area contributed by atoms with Crippen LogP contribution in [0.15, 0.2) is 36.4 Å². The summed E-state index contributed by atoms with van der Waals surface area (Å²) in [4.78, 5) is 15.7. The summed E-state index contributed by atoms with van der Waals surface area (Å²) in [5.74, 6) is -3.66. The molecule has 0 atom stereocenters. The number of amides is 1. The van der Waals surface area contributed by atoms with Crippen molar-refractivity contribution >= 4 is 27.5 Å². The van der Waals surface area contributed by atoms with E-state index in [2.05, 4.69) is 10.3 Å². The molecule has 3 nitrogen and oxygen atoms in total. The first-order valence-electron chi connectivity index (χ1n) is 6.32. The average molecular weight is 322 g/mol. The highest BCUT2D eigenvalue weighted by Crippen LogP contribution is 2.28. The SMILES string of the molecule is O=C(NCc1nc2c(F)c(F)cc(F)c2s1)c1ccccc1. The molecule has 0 aliphatic rings. The second-order valence-electron chi connectivity index (χ2n) is 4.49. The summed E-state index contributed by atoms with van der Waals surface area (Å²) in [6.07, 6.45) is 0. The summed E-state index contributed by atoms with van der Waals surface area (Å²) in [6, 6.07) is 9.00. The third kappa shape index (κ3) is 2.67. The summed E-state index contributed by atoms with van der Waals surface area (Å²) in [7, 11) is 0. The number of benzene rings is 2. The Hall–Kier alpha value is -2.41. The fourth-order valence-corrected chi connectivity index (χ4v) is 2.86. The molecule has 3 aromatic rings. The number of carbonyl (C=O) groups is 1. The van der Waals surface area contributed by atoms with E-state index in [-0.39, 0.29) is 22.7 Å². The van der Waals surface area contributed by atoms with Crippen LogP contribution < -0.4 is 5.32 Å². The smallest absolute Gasteiger partial charge is 0.251 e. The Morgan fingerprint density at radius 3 is 2.59 bits per heavy atom. The van der Waals surface area contributed by atoms with Gasteiger partial charge in [0.25, 0.3) is 5.91 Å². The molecule has 0 bridgehead atoms. The summed E-state index contributed by atoms with van der Waals surface area (Å²) in [6.45, 7) is 0.00751. The van der Waals surface area contributed by atoms with Gasteiger partial charge in [0.2, 0.25) is 0 Å². The number of aromatic nitrogens is 1. The zero-order chi connectivity index (χ0) is 15.7. The van der Waals surface area contributed by atoms with Gasteiger partial charge in [-0.15, -0.1) is 11.3 Å². The first-order valence-corrected chi connectivity index (χ1v) is 7.14. The predicted octanol–water partition coefficient (Wildman–Crippen LogP) is 3.64. The van der Waals surface area contributed by atoms with Crippen molar-refractivity contribution in [1.29, 1.82) is 0 Å². The number of hydrogen-bond donors (Lipinski definition) is 1. The fraction of sp³-hybridized carbons (Fsp3) is 0.0667. The van der Waals surface area contributed by atoms with E-state index < -0.39 is 17.5 Å². The maximum Gasteiger partial charge on any atom is 0.251 e. The molecule has 0 radical (unpaired) electrons. The number of halogens is 3. The lowest BCUT2D eigenvalue weighted by Gasteiger charge is -2.02. The van der Waals surface area contributed by atoms with Crippen molar-refractivity contribution in [3.63, 3.8) is 0 Å². The Bertz CT molecular complexity index is 849. The first-order chi connectivity index (χ1) is 10.6. The molecule has 1 amide bonds. The number of carbonyl (C=O) groups excluding carboxylic acids is 1. The lowest BCUT2D eigenvalue weighted by molar-refractivity contribution is 0.0951. The van der Waals surface area contributed by atoms with E-state index in [0.29, 0.717) is 16.6 Å². The van der Waals surface area contributed by atoms with Gasteiger partial charge in [0.1, 0.15) is 16.3 Å². The molecule has 1 N–H and O–H groups in total. The molecule has 112 valence electrons. The number of rotatable bonds is 3. The number of thiazole rings is 1. The molecule has 1 aromatic heterocycles. The van der Waals surface area contributed by atoms with Crippen molar-refractivity contribution in [2.75, 3.05) is 0 Å². The molecule has 0 saturated carbocycles. The predicted molar refractivity (Wildman–Crippen MR) is 77.1 cm³/mol. The van der Waals surface area contributed by atoms with Gasteiger partial charge in [-0.2, -0.15) is 0 Å². The monoisotopic (exact) mass is 322 g/mol. The minimum absolute atomic E-state index is 0.00751. The largest absolute Gasteiger partial charge is 0.346 e. The Kier molecular flexibility index (Phi) is 3.81. The normalized spacial score (nSPS) is 10.9. The molecular weight excluding hydrogens is 313 g/mol. The van der Waals surface area contributed by atoms with E-state index in [1.54, 1.807) is 30.3 Å². The third-order valence-electron chi connectivity index (χ3n) is 3.00. The van der Waals surface area contributed by atoms with Crippen LogP contribution >= 0.6 is 11.3 Å². The zero-order valence-electron chi connectivity index (χ0n) is 11.1. The van der Waals surface area contributed by atoms with E-state index in [0.717, 1.165) is 11.3 Å². The van der Waals surface area contributed by atoms with Crippen LogP contribution in [-0.4, -0.2) is 10.9 Å². The van der Waals surface area contributed by atoms with Crippen molar-refractivity contribution in [3.05, 3.63) is 64.4 Å². The summed E-state index contributed by atoms with van der Waals surface area (Å²) in [5.41, 5.74) is 0.110. The van der Waals surface area contributed by atoms with Crippen LogP contribution in [0.25, 0.3) is 10.2 Å². The summed E-state index contributed by atoms with van der Waals surface area (Å²) < 4.78 is 40.2.